The molecule has 1 atom stereocenters. The van der Waals surface area contributed by atoms with Crippen molar-refractivity contribution in [3.8, 4) is 0 Å². The molecule has 1 aliphatic carbocycles. The van der Waals surface area contributed by atoms with Gasteiger partial charge in [0.25, 0.3) is 5.56 Å². The first-order valence-electron chi connectivity index (χ1n) is 8.60. The van der Waals surface area contributed by atoms with Crippen molar-refractivity contribution in [2.75, 3.05) is 0 Å². The van der Waals surface area contributed by atoms with E-state index in [1.165, 1.54) is 0 Å². The fourth-order valence-corrected chi connectivity index (χ4v) is 3.34. The van der Waals surface area contributed by atoms with Gasteiger partial charge in [0.2, 0.25) is 0 Å². The zero-order chi connectivity index (χ0) is 16.9. The highest BCUT2D eigenvalue weighted by molar-refractivity contribution is 6.01. The molecule has 1 aromatic carbocycles. The van der Waals surface area contributed by atoms with Crippen LogP contribution in [0.25, 0.3) is 0 Å². The van der Waals surface area contributed by atoms with Crippen LogP contribution >= 0.6 is 0 Å². The van der Waals surface area contributed by atoms with Gasteiger partial charge in [0.1, 0.15) is 5.82 Å². The average Bonchev–Trinajstić information content (AvgIpc) is 2.64. The van der Waals surface area contributed by atoms with Crippen LogP contribution < -0.4 is 11.4 Å². The van der Waals surface area contributed by atoms with E-state index in [0.29, 0.717) is 11.5 Å². The molecule has 1 aliphatic heterocycles. The lowest BCUT2D eigenvalue weighted by atomic mass is 9.93. The van der Waals surface area contributed by atoms with E-state index in [9.17, 15) is 4.79 Å². The lowest BCUT2D eigenvalue weighted by molar-refractivity contribution is 0.376. The van der Waals surface area contributed by atoms with Crippen LogP contribution in [0.1, 0.15) is 43.3 Å². The fourth-order valence-electron chi connectivity index (χ4n) is 3.34. The largest absolute Gasteiger partial charge is 0.323 e. The lowest BCUT2D eigenvalue weighted by Gasteiger charge is -2.26. The van der Waals surface area contributed by atoms with Crippen molar-refractivity contribution in [3.05, 3.63) is 63.8 Å². The zero-order valence-electron chi connectivity index (χ0n) is 14.1. The molecule has 126 valence electrons. The average molecular weight is 324 g/mol. The van der Waals surface area contributed by atoms with E-state index in [1.54, 1.807) is 0 Å². The molecular weight excluding hydrogens is 300 g/mol. The Morgan fingerprint density at radius 2 is 1.79 bits per heavy atom. The van der Waals surface area contributed by atoms with Crippen molar-refractivity contribution in [1.29, 1.82) is 0 Å². The highest BCUT2D eigenvalue weighted by atomic mass is 16.1. The molecular formula is C19H24N4O. The molecule has 0 bridgehead atoms. The molecule has 24 heavy (non-hydrogen) atoms. The Labute approximate surface area is 142 Å². The number of hydrogen-bond acceptors (Lipinski definition) is 4. The summed E-state index contributed by atoms with van der Waals surface area (Å²) >= 11 is 0. The summed E-state index contributed by atoms with van der Waals surface area (Å²) < 4.78 is 1.82. The predicted octanol–water partition coefficient (Wildman–Crippen LogP) is 2.51. The van der Waals surface area contributed by atoms with Gasteiger partial charge in [-0.1, -0.05) is 43.3 Å². The highest BCUT2D eigenvalue weighted by Gasteiger charge is 2.26. The minimum atomic E-state index is 0.0606. The first-order chi connectivity index (χ1) is 11.7. The number of nitrogens with two attached hydrogens (primary N) is 1. The maximum absolute atomic E-state index is 12.6. The van der Waals surface area contributed by atoms with E-state index < -0.39 is 0 Å². The molecule has 2 aliphatic rings. The summed E-state index contributed by atoms with van der Waals surface area (Å²) in [4.78, 5) is 17.2. The maximum atomic E-state index is 12.6. The van der Waals surface area contributed by atoms with Crippen LogP contribution in [0.2, 0.25) is 0 Å². The number of benzene rings is 1. The number of hydrazone groups is 1. The van der Waals surface area contributed by atoms with Crippen molar-refractivity contribution in [2.24, 2.45) is 16.9 Å². The Kier molecular flexibility index (Phi) is 5.08. The van der Waals surface area contributed by atoms with Crippen LogP contribution in [0.15, 0.2) is 46.3 Å². The van der Waals surface area contributed by atoms with Crippen LogP contribution in [0.5, 0.6) is 0 Å². The molecule has 0 radical (unpaired) electrons. The summed E-state index contributed by atoms with van der Waals surface area (Å²) in [5.41, 5.74) is 2.35. The maximum Gasteiger partial charge on any atom is 0.262 e. The summed E-state index contributed by atoms with van der Waals surface area (Å²) in [7, 11) is 0. The van der Waals surface area contributed by atoms with Gasteiger partial charge in [-0.25, -0.2) is 4.98 Å². The number of aromatic nitrogens is 2. The van der Waals surface area contributed by atoms with E-state index in [1.807, 2.05) is 41.0 Å². The third-order valence-electron chi connectivity index (χ3n) is 4.62. The predicted molar refractivity (Wildman–Crippen MR) is 96.1 cm³/mol. The second-order valence-electron chi connectivity index (χ2n) is 6.49. The molecule has 1 aromatic heterocycles. The number of hydrogen-bond donors (Lipinski definition) is 1. The Morgan fingerprint density at radius 1 is 1.12 bits per heavy atom. The third kappa shape index (κ3) is 3.40. The highest BCUT2D eigenvalue weighted by Crippen LogP contribution is 2.21. The van der Waals surface area contributed by atoms with Crippen molar-refractivity contribution >= 4 is 5.71 Å². The molecule has 4 rings (SSSR count). The number of rotatable bonds is 0. The smallest absolute Gasteiger partial charge is 0.262 e. The molecule has 0 saturated carbocycles. The van der Waals surface area contributed by atoms with Crippen molar-refractivity contribution < 1.29 is 0 Å². The lowest BCUT2D eigenvalue weighted by Crippen LogP contribution is -2.38. The Bertz CT molecular complexity index is 753. The number of nitrogens with zero attached hydrogens (tertiary/aromatic N) is 3. The quantitative estimate of drug-likeness (QED) is 0.598. The molecule has 0 amide bonds. The second-order valence-corrected chi connectivity index (χ2v) is 6.49. The summed E-state index contributed by atoms with van der Waals surface area (Å²) in [6.07, 6.45) is 4.65. The minimum absolute atomic E-state index is 0.0606. The summed E-state index contributed by atoms with van der Waals surface area (Å²) in [6.45, 7) is 2.94. The van der Waals surface area contributed by atoms with Gasteiger partial charge in [-0.3, -0.25) is 9.36 Å². The van der Waals surface area contributed by atoms with Gasteiger partial charge in [0.05, 0.1) is 17.0 Å². The minimum Gasteiger partial charge on any atom is -0.323 e. The summed E-state index contributed by atoms with van der Waals surface area (Å²) in [6, 6.07) is 12.0. The standard InChI is InChI=1S/C13H18N4O.C6H6/c1-8-5-6-11-15-9-3-2-4-10(16-14)12(9)13(18)17(11)7-8;1-2-4-6-5-3-1/h8H,2-7,14H2,1H3;1-6H. The molecule has 2 aromatic rings. The Balaban J connectivity index is 0.000000238. The molecule has 2 heterocycles. The van der Waals surface area contributed by atoms with E-state index in [0.717, 1.165) is 55.9 Å². The summed E-state index contributed by atoms with van der Waals surface area (Å²) in [5.74, 6) is 6.88. The van der Waals surface area contributed by atoms with Gasteiger partial charge in [-0.05, 0) is 31.6 Å². The van der Waals surface area contributed by atoms with Crippen LogP contribution in [0, 0.1) is 5.92 Å². The van der Waals surface area contributed by atoms with E-state index in [-0.39, 0.29) is 5.56 Å². The van der Waals surface area contributed by atoms with Gasteiger partial charge in [-0.15, -0.1) is 0 Å². The molecule has 0 fully saturated rings. The first-order valence-corrected chi connectivity index (χ1v) is 8.60. The SMILES string of the molecule is CC1CCc2nc3c(c(=O)n2C1)C(=NN)CCC3.c1ccccc1. The molecule has 2 N–H and O–H groups in total. The zero-order valence-corrected chi connectivity index (χ0v) is 14.1. The van der Waals surface area contributed by atoms with Crippen LogP contribution in [-0.2, 0) is 19.4 Å². The van der Waals surface area contributed by atoms with Crippen molar-refractivity contribution in [1.82, 2.24) is 9.55 Å². The number of fused-ring (bicyclic) bond motifs is 2. The second kappa shape index (κ2) is 7.43. The molecule has 5 nitrogen and oxygen atoms in total. The Morgan fingerprint density at radius 3 is 2.42 bits per heavy atom. The number of aryl methyl sites for hydroxylation is 2. The van der Waals surface area contributed by atoms with Crippen LogP contribution in [0.4, 0.5) is 0 Å². The first kappa shape index (κ1) is 16.4. The van der Waals surface area contributed by atoms with Gasteiger partial charge in [-0.2, -0.15) is 5.10 Å². The molecule has 0 saturated heterocycles. The topological polar surface area (TPSA) is 73.3 Å². The fraction of sp³-hybridized carbons (Fsp3) is 0.421. The monoisotopic (exact) mass is 324 g/mol. The van der Waals surface area contributed by atoms with Crippen molar-refractivity contribution in [3.63, 3.8) is 0 Å². The Hall–Kier alpha value is -2.43. The normalized spacial score (nSPS) is 20.5. The summed E-state index contributed by atoms with van der Waals surface area (Å²) in [5, 5.41) is 3.78. The third-order valence-corrected chi connectivity index (χ3v) is 4.62. The van der Waals surface area contributed by atoms with Gasteiger partial charge in [0.15, 0.2) is 0 Å². The van der Waals surface area contributed by atoms with Gasteiger partial charge < -0.3 is 5.84 Å². The van der Waals surface area contributed by atoms with Gasteiger partial charge >= 0.3 is 0 Å². The van der Waals surface area contributed by atoms with E-state index in [4.69, 9.17) is 5.84 Å². The van der Waals surface area contributed by atoms with Crippen molar-refractivity contribution in [2.45, 2.75) is 45.6 Å². The molecule has 1 unspecified atom stereocenters. The van der Waals surface area contributed by atoms with Gasteiger partial charge in [0, 0.05) is 13.0 Å². The van der Waals surface area contributed by atoms with Crippen LogP contribution in [0.3, 0.4) is 0 Å². The molecule has 0 spiro atoms. The molecule has 5 heteroatoms. The van der Waals surface area contributed by atoms with Crippen LogP contribution in [-0.4, -0.2) is 15.3 Å². The van der Waals surface area contributed by atoms with E-state index >= 15 is 0 Å². The van der Waals surface area contributed by atoms with E-state index in [2.05, 4.69) is 17.0 Å².